The van der Waals surface area contributed by atoms with Crippen LogP contribution in [0.15, 0.2) is 35.4 Å². The van der Waals surface area contributed by atoms with E-state index in [1.165, 1.54) is 0 Å². The Balaban J connectivity index is 1.95. The van der Waals surface area contributed by atoms with Gasteiger partial charge in [-0.1, -0.05) is 0 Å². The Labute approximate surface area is 134 Å². The van der Waals surface area contributed by atoms with Gasteiger partial charge in [-0.2, -0.15) is 5.26 Å². The van der Waals surface area contributed by atoms with E-state index in [9.17, 15) is 4.79 Å². The van der Waals surface area contributed by atoms with Crippen molar-refractivity contribution in [1.82, 2.24) is 9.88 Å². The van der Waals surface area contributed by atoms with Gasteiger partial charge in [-0.3, -0.25) is 0 Å². The summed E-state index contributed by atoms with van der Waals surface area (Å²) in [5, 5.41) is 14.6. The number of amides is 1. The zero-order chi connectivity index (χ0) is 16.2. The summed E-state index contributed by atoms with van der Waals surface area (Å²) in [6, 6.07) is 7.90. The van der Waals surface area contributed by atoms with Crippen molar-refractivity contribution in [3.05, 3.63) is 30.5 Å². The number of carbonyl (C=O) groups excluding carboxylic acids is 1. The topological polar surface area (TPSA) is 67.0 Å². The van der Waals surface area contributed by atoms with Gasteiger partial charge in [-0.25, -0.2) is 4.79 Å². The SMILES string of the molecule is CC(C)(C)OC(=O)NCCn1ccc2cc(SC#N)ccc21. The number of nitrogens with zero attached hydrogens (tertiary/aromatic N) is 2. The first-order valence-electron chi connectivity index (χ1n) is 7.01. The molecule has 2 rings (SSSR count). The van der Waals surface area contributed by atoms with E-state index in [0.29, 0.717) is 13.1 Å². The number of hydrogen-bond donors (Lipinski definition) is 1. The highest BCUT2D eigenvalue weighted by Gasteiger charge is 2.15. The van der Waals surface area contributed by atoms with Crippen molar-refractivity contribution in [2.45, 2.75) is 37.8 Å². The molecule has 116 valence electrons. The Hall–Kier alpha value is -2.13. The lowest BCUT2D eigenvalue weighted by Crippen LogP contribution is -2.34. The molecule has 0 saturated heterocycles. The Kier molecular flexibility index (Phi) is 4.99. The molecule has 5 nitrogen and oxygen atoms in total. The molecule has 1 heterocycles. The predicted octanol–water partition coefficient (Wildman–Crippen LogP) is 3.74. The summed E-state index contributed by atoms with van der Waals surface area (Å²) in [5.41, 5.74) is 0.590. The third-order valence-electron chi connectivity index (χ3n) is 2.93. The summed E-state index contributed by atoms with van der Waals surface area (Å²) in [4.78, 5) is 12.5. The lowest BCUT2D eigenvalue weighted by molar-refractivity contribution is 0.0526. The molecule has 0 saturated carbocycles. The number of nitrogens with one attached hydrogen (secondary N) is 1. The number of carbonyl (C=O) groups is 1. The molecule has 22 heavy (non-hydrogen) atoms. The first kappa shape index (κ1) is 16.2. The van der Waals surface area contributed by atoms with Gasteiger partial charge in [0.1, 0.15) is 11.0 Å². The lowest BCUT2D eigenvalue weighted by atomic mass is 10.2. The molecule has 0 aliphatic carbocycles. The van der Waals surface area contributed by atoms with Crippen LogP contribution in [0.5, 0.6) is 0 Å². The van der Waals surface area contributed by atoms with Crippen molar-refractivity contribution < 1.29 is 9.53 Å². The molecular weight excluding hydrogens is 298 g/mol. The van der Waals surface area contributed by atoms with Crippen LogP contribution in [0.1, 0.15) is 20.8 Å². The molecule has 1 amide bonds. The van der Waals surface area contributed by atoms with Crippen molar-refractivity contribution in [2.75, 3.05) is 6.54 Å². The Bertz CT molecular complexity index is 710. The van der Waals surface area contributed by atoms with E-state index in [0.717, 1.165) is 27.6 Å². The van der Waals surface area contributed by atoms with Crippen LogP contribution in [0.25, 0.3) is 10.9 Å². The fourth-order valence-corrected chi connectivity index (χ4v) is 2.51. The maximum absolute atomic E-state index is 11.6. The highest BCUT2D eigenvalue weighted by Crippen LogP contribution is 2.23. The number of aromatic nitrogens is 1. The van der Waals surface area contributed by atoms with Gasteiger partial charge in [0.25, 0.3) is 0 Å². The van der Waals surface area contributed by atoms with Crippen LogP contribution in [0.2, 0.25) is 0 Å². The quantitative estimate of drug-likeness (QED) is 0.689. The van der Waals surface area contributed by atoms with Crippen molar-refractivity contribution in [1.29, 1.82) is 5.26 Å². The van der Waals surface area contributed by atoms with Gasteiger partial charge in [-0.15, -0.1) is 0 Å². The van der Waals surface area contributed by atoms with Crippen molar-refractivity contribution >= 4 is 28.8 Å². The van der Waals surface area contributed by atoms with Gasteiger partial charge in [0.05, 0.1) is 0 Å². The molecule has 0 fully saturated rings. The molecule has 2 aromatic rings. The minimum absolute atomic E-state index is 0.406. The zero-order valence-electron chi connectivity index (χ0n) is 12.9. The third-order valence-corrected chi connectivity index (χ3v) is 3.51. The van der Waals surface area contributed by atoms with E-state index in [4.69, 9.17) is 10.00 Å². The van der Waals surface area contributed by atoms with Crippen LogP contribution in [0.4, 0.5) is 4.79 Å². The van der Waals surface area contributed by atoms with E-state index in [-0.39, 0.29) is 0 Å². The zero-order valence-corrected chi connectivity index (χ0v) is 13.7. The molecule has 0 unspecified atom stereocenters. The van der Waals surface area contributed by atoms with E-state index >= 15 is 0 Å². The number of nitriles is 1. The van der Waals surface area contributed by atoms with Crippen molar-refractivity contribution in [3.8, 4) is 5.40 Å². The Morgan fingerprint density at radius 1 is 1.41 bits per heavy atom. The van der Waals surface area contributed by atoms with Gasteiger partial charge in [0, 0.05) is 35.1 Å². The van der Waals surface area contributed by atoms with Gasteiger partial charge in [0.15, 0.2) is 0 Å². The highest BCUT2D eigenvalue weighted by molar-refractivity contribution is 8.03. The second-order valence-corrected chi connectivity index (χ2v) is 6.71. The van der Waals surface area contributed by atoms with Gasteiger partial charge in [-0.05, 0) is 56.8 Å². The molecule has 0 radical (unpaired) electrons. The van der Waals surface area contributed by atoms with Crippen LogP contribution in [-0.4, -0.2) is 22.8 Å². The number of thiocyanates is 1. The Morgan fingerprint density at radius 3 is 2.86 bits per heavy atom. The molecule has 0 aliphatic heterocycles. The largest absolute Gasteiger partial charge is 0.444 e. The smallest absolute Gasteiger partial charge is 0.407 e. The molecule has 0 spiro atoms. The van der Waals surface area contributed by atoms with Crippen LogP contribution in [-0.2, 0) is 11.3 Å². The first-order valence-corrected chi connectivity index (χ1v) is 7.82. The fourth-order valence-electron chi connectivity index (χ4n) is 2.08. The molecule has 0 bridgehead atoms. The summed E-state index contributed by atoms with van der Waals surface area (Å²) < 4.78 is 7.26. The summed E-state index contributed by atoms with van der Waals surface area (Å²) in [7, 11) is 0. The van der Waals surface area contributed by atoms with Gasteiger partial charge >= 0.3 is 6.09 Å². The number of rotatable bonds is 4. The number of benzene rings is 1. The minimum Gasteiger partial charge on any atom is -0.444 e. The van der Waals surface area contributed by atoms with Crippen LogP contribution in [0, 0.1) is 10.7 Å². The number of fused-ring (bicyclic) bond motifs is 1. The number of hydrogen-bond acceptors (Lipinski definition) is 4. The molecule has 6 heteroatoms. The number of ether oxygens (including phenoxy) is 1. The minimum atomic E-state index is -0.487. The van der Waals surface area contributed by atoms with E-state index < -0.39 is 11.7 Å². The molecule has 1 aromatic heterocycles. The molecule has 1 aromatic carbocycles. The van der Waals surface area contributed by atoms with E-state index in [2.05, 4.69) is 15.3 Å². The van der Waals surface area contributed by atoms with Gasteiger partial charge in [0.2, 0.25) is 0 Å². The maximum atomic E-state index is 11.6. The van der Waals surface area contributed by atoms with Crippen LogP contribution < -0.4 is 5.32 Å². The normalized spacial score (nSPS) is 11.2. The summed E-state index contributed by atoms with van der Waals surface area (Å²) in [6.45, 7) is 6.66. The average Bonchev–Trinajstić information content (AvgIpc) is 2.80. The van der Waals surface area contributed by atoms with Crippen molar-refractivity contribution in [3.63, 3.8) is 0 Å². The summed E-state index contributed by atoms with van der Waals surface area (Å²) in [6.07, 6.45) is 1.57. The molecular formula is C16H19N3O2S. The molecule has 1 N–H and O–H groups in total. The Morgan fingerprint density at radius 2 is 2.18 bits per heavy atom. The maximum Gasteiger partial charge on any atom is 0.407 e. The van der Waals surface area contributed by atoms with Crippen LogP contribution in [0.3, 0.4) is 0 Å². The second kappa shape index (κ2) is 6.75. The van der Waals surface area contributed by atoms with Crippen LogP contribution >= 0.6 is 11.8 Å². The lowest BCUT2D eigenvalue weighted by Gasteiger charge is -2.19. The summed E-state index contributed by atoms with van der Waals surface area (Å²) >= 11 is 1.15. The van der Waals surface area contributed by atoms with Crippen molar-refractivity contribution in [2.24, 2.45) is 0 Å². The molecule has 0 atom stereocenters. The second-order valence-electron chi connectivity index (χ2n) is 5.85. The number of alkyl carbamates (subject to hydrolysis) is 1. The number of thioether (sulfide) groups is 1. The summed E-state index contributed by atoms with van der Waals surface area (Å²) in [5.74, 6) is 0. The molecule has 0 aliphatic rings. The monoisotopic (exact) mass is 317 g/mol. The first-order chi connectivity index (χ1) is 10.4. The third kappa shape index (κ3) is 4.43. The van der Waals surface area contributed by atoms with E-state index in [1.807, 2.05) is 51.2 Å². The fraction of sp³-hybridized carbons (Fsp3) is 0.375. The predicted molar refractivity (Wildman–Crippen MR) is 87.6 cm³/mol. The average molecular weight is 317 g/mol. The standard InChI is InChI=1S/C16H19N3O2S/c1-16(2,3)21-15(20)18-7-9-19-8-6-12-10-13(22-11-17)4-5-14(12)19/h4-6,8,10H,7,9H2,1-3H3,(H,18,20). The van der Waals surface area contributed by atoms with E-state index in [1.54, 1.807) is 0 Å². The van der Waals surface area contributed by atoms with Gasteiger partial charge < -0.3 is 14.6 Å². The highest BCUT2D eigenvalue weighted by atomic mass is 32.2.